The van der Waals surface area contributed by atoms with E-state index in [4.69, 9.17) is 0 Å². The highest BCUT2D eigenvalue weighted by molar-refractivity contribution is 7.13. The number of anilines is 1. The van der Waals surface area contributed by atoms with Crippen LogP contribution in [0, 0.1) is 5.82 Å². The Balaban J connectivity index is 1.33. The standard InChI is InChI=1S/C21H28FN5O2S/c22-16-7-5-8-17(15-16)24-20(29)21-26-25-19(30-21)10-6-9-18(28)23-11-14-27-12-3-1-2-4-13-27/h5,7-8,15H,1-4,6,9-14H2,(H,23,28)(H,24,29). The van der Waals surface area contributed by atoms with E-state index in [1.165, 1.54) is 55.2 Å². The Bertz CT molecular complexity index is 836. The third-order valence-electron chi connectivity index (χ3n) is 4.99. The first kappa shape index (κ1) is 22.3. The molecule has 0 unspecified atom stereocenters. The van der Waals surface area contributed by atoms with Gasteiger partial charge < -0.3 is 15.5 Å². The summed E-state index contributed by atoms with van der Waals surface area (Å²) in [7, 11) is 0. The molecular formula is C21H28FN5O2S. The van der Waals surface area contributed by atoms with Crippen LogP contribution in [0.1, 0.15) is 53.3 Å². The molecule has 1 fully saturated rings. The van der Waals surface area contributed by atoms with E-state index in [9.17, 15) is 14.0 Å². The largest absolute Gasteiger partial charge is 0.355 e. The molecule has 1 aromatic carbocycles. The molecule has 7 nitrogen and oxygen atoms in total. The zero-order valence-electron chi connectivity index (χ0n) is 17.0. The van der Waals surface area contributed by atoms with Crippen molar-refractivity contribution in [1.82, 2.24) is 20.4 Å². The molecule has 0 saturated carbocycles. The fourth-order valence-corrected chi connectivity index (χ4v) is 4.18. The Morgan fingerprint density at radius 3 is 2.70 bits per heavy atom. The topological polar surface area (TPSA) is 87.2 Å². The van der Waals surface area contributed by atoms with Crippen molar-refractivity contribution >= 4 is 28.8 Å². The molecule has 0 bridgehead atoms. The third-order valence-corrected chi connectivity index (χ3v) is 5.97. The van der Waals surface area contributed by atoms with Gasteiger partial charge in [-0.25, -0.2) is 4.39 Å². The van der Waals surface area contributed by atoms with E-state index in [1.807, 2.05) is 0 Å². The van der Waals surface area contributed by atoms with Gasteiger partial charge in [0, 0.05) is 31.6 Å². The molecule has 1 aliphatic heterocycles. The Labute approximate surface area is 180 Å². The van der Waals surface area contributed by atoms with Gasteiger partial charge in [0.1, 0.15) is 10.8 Å². The number of hydrogen-bond acceptors (Lipinski definition) is 6. The van der Waals surface area contributed by atoms with Crippen LogP contribution in [0.4, 0.5) is 10.1 Å². The van der Waals surface area contributed by atoms with Crippen LogP contribution in [0.3, 0.4) is 0 Å². The number of aryl methyl sites for hydroxylation is 1. The first-order valence-corrected chi connectivity index (χ1v) is 11.3. The number of benzene rings is 1. The third kappa shape index (κ3) is 7.46. The van der Waals surface area contributed by atoms with Gasteiger partial charge in [-0.05, 0) is 50.6 Å². The lowest BCUT2D eigenvalue weighted by atomic mass is 10.2. The van der Waals surface area contributed by atoms with Gasteiger partial charge in [0.2, 0.25) is 10.9 Å². The zero-order chi connectivity index (χ0) is 21.2. The molecule has 0 spiro atoms. The lowest BCUT2D eigenvalue weighted by molar-refractivity contribution is -0.121. The summed E-state index contributed by atoms with van der Waals surface area (Å²) in [5, 5.41) is 14.4. The van der Waals surface area contributed by atoms with Crippen LogP contribution in [-0.2, 0) is 11.2 Å². The fraction of sp³-hybridized carbons (Fsp3) is 0.524. The van der Waals surface area contributed by atoms with Gasteiger partial charge in [0.15, 0.2) is 0 Å². The monoisotopic (exact) mass is 433 g/mol. The Hall–Kier alpha value is -2.39. The highest BCUT2D eigenvalue weighted by Crippen LogP contribution is 2.16. The Morgan fingerprint density at radius 2 is 1.93 bits per heavy atom. The molecule has 30 heavy (non-hydrogen) atoms. The van der Waals surface area contributed by atoms with Crippen LogP contribution in [0.2, 0.25) is 0 Å². The van der Waals surface area contributed by atoms with Gasteiger partial charge >= 0.3 is 0 Å². The number of carbonyl (C=O) groups excluding carboxylic acids is 2. The molecule has 2 amide bonds. The van der Waals surface area contributed by atoms with Gasteiger partial charge in [-0.1, -0.05) is 30.2 Å². The number of carbonyl (C=O) groups is 2. The average Bonchev–Trinajstić information content (AvgIpc) is 3.04. The van der Waals surface area contributed by atoms with Crippen molar-refractivity contribution in [3.8, 4) is 0 Å². The Morgan fingerprint density at radius 1 is 1.13 bits per heavy atom. The fourth-order valence-electron chi connectivity index (χ4n) is 3.40. The molecular weight excluding hydrogens is 405 g/mol. The molecule has 9 heteroatoms. The maximum atomic E-state index is 13.2. The minimum Gasteiger partial charge on any atom is -0.355 e. The number of likely N-dealkylation sites (tertiary alicyclic amines) is 1. The summed E-state index contributed by atoms with van der Waals surface area (Å²) in [4.78, 5) is 26.6. The lowest BCUT2D eigenvalue weighted by Crippen LogP contribution is -2.35. The van der Waals surface area contributed by atoms with Crippen LogP contribution >= 0.6 is 11.3 Å². The van der Waals surface area contributed by atoms with Crippen molar-refractivity contribution < 1.29 is 14.0 Å². The Kier molecular flexibility index (Phi) is 8.70. The van der Waals surface area contributed by atoms with Crippen molar-refractivity contribution in [2.75, 3.05) is 31.5 Å². The van der Waals surface area contributed by atoms with Gasteiger partial charge in [-0.3, -0.25) is 9.59 Å². The van der Waals surface area contributed by atoms with Crippen LogP contribution in [-0.4, -0.2) is 53.1 Å². The number of rotatable bonds is 9. The zero-order valence-corrected chi connectivity index (χ0v) is 17.8. The van der Waals surface area contributed by atoms with Crippen LogP contribution in [0.15, 0.2) is 24.3 Å². The van der Waals surface area contributed by atoms with E-state index in [1.54, 1.807) is 6.07 Å². The summed E-state index contributed by atoms with van der Waals surface area (Å²) < 4.78 is 13.2. The molecule has 0 radical (unpaired) electrons. The predicted octanol–water partition coefficient (Wildman–Crippen LogP) is 3.24. The summed E-state index contributed by atoms with van der Waals surface area (Å²) in [6.45, 7) is 3.85. The number of aromatic nitrogens is 2. The SMILES string of the molecule is O=C(CCCc1nnc(C(=O)Nc2cccc(F)c2)s1)NCCN1CCCCCC1. The second kappa shape index (κ2) is 11.7. The second-order valence-electron chi connectivity index (χ2n) is 7.42. The van der Waals surface area contributed by atoms with Crippen LogP contribution in [0.5, 0.6) is 0 Å². The molecule has 2 heterocycles. The van der Waals surface area contributed by atoms with E-state index < -0.39 is 11.7 Å². The lowest BCUT2D eigenvalue weighted by Gasteiger charge is -2.19. The molecule has 1 saturated heterocycles. The normalized spacial score (nSPS) is 14.8. The molecule has 2 N–H and O–H groups in total. The molecule has 162 valence electrons. The summed E-state index contributed by atoms with van der Waals surface area (Å²) in [5.41, 5.74) is 0.369. The second-order valence-corrected chi connectivity index (χ2v) is 8.49. The molecule has 2 aromatic rings. The van der Waals surface area contributed by atoms with E-state index in [2.05, 4.69) is 25.7 Å². The highest BCUT2D eigenvalue weighted by Gasteiger charge is 2.14. The minimum absolute atomic E-state index is 0.0402. The van der Waals surface area contributed by atoms with Crippen LogP contribution in [0.25, 0.3) is 0 Å². The van der Waals surface area contributed by atoms with Crippen molar-refractivity contribution in [2.45, 2.75) is 44.9 Å². The maximum absolute atomic E-state index is 13.2. The first-order valence-electron chi connectivity index (χ1n) is 10.5. The van der Waals surface area contributed by atoms with Crippen molar-refractivity contribution in [3.05, 3.63) is 40.1 Å². The molecule has 0 aliphatic carbocycles. The van der Waals surface area contributed by atoms with Crippen LogP contribution < -0.4 is 10.6 Å². The number of nitrogens with zero attached hydrogens (tertiary/aromatic N) is 3. The number of halogens is 1. The smallest absolute Gasteiger partial charge is 0.286 e. The van der Waals surface area contributed by atoms with E-state index in [-0.39, 0.29) is 10.9 Å². The van der Waals surface area contributed by atoms with Gasteiger partial charge in [0.25, 0.3) is 5.91 Å². The van der Waals surface area contributed by atoms with Crippen molar-refractivity contribution in [1.29, 1.82) is 0 Å². The van der Waals surface area contributed by atoms with Crippen molar-refractivity contribution in [2.24, 2.45) is 0 Å². The van der Waals surface area contributed by atoms with Crippen molar-refractivity contribution in [3.63, 3.8) is 0 Å². The summed E-state index contributed by atoms with van der Waals surface area (Å²) in [6, 6.07) is 5.68. The van der Waals surface area contributed by atoms with E-state index >= 15 is 0 Å². The number of hydrogen-bond donors (Lipinski definition) is 2. The first-order chi connectivity index (χ1) is 14.6. The average molecular weight is 434 g/mol. The molecule has 0 atom stereocenters. The highest BCUT2D eigenvalue weighted by atomic mass is 32.1. The number of nitrogens with one attached hydrogen (secondary N) is 2. The molecule has 1 aromatic heterocycles. The predicted molar refractivity (Wildman–Crippen MR) is 115 cm³/mol. The van der Waals surface area contributed by atoms with Gasteiger partial charge in [0.05, 0.1) is 0 Å². The molecule has 3 rings (SSSR count). The number of amides is 2. The minimum atomic E-state index is -0.421. The quantitative estimate of drug-likeness (QED) is 0.634. The summed E-state index contributed by atoms with van der Waals surface area (Å²) in [5.74, 6) is -0.801. The van der Waals surface area contributed by atoms with Gasteiger partial charge in [-0.2, -0.15) is 0 Å². The molecule has 1 aliphatic rings. The summed E-state index contributed by atoms with van der Waals surface area (Å²) in [6.07, 6.45) is 6.77. The van der Waals surface area contributed by atoms with Gasteiger partial charge in [-0.15, -0.1) is 10.2 Å². The maximum Gasteiger partial charge on any atom is 0.286 e. The van der Waals surface area contributed by atoms with E-state index in [0.29, 0.717) is 36.5 Å². The van der Waals surface area contributed by atoms with E-state index in [0.717, 1.165) is 19.6 Å². The summed E-state index contributed by atoms with van der Waals surface area (Å²) >= 11 is 1.19.